The van der Waals surface area contributed by atoms with Gasteiger partial charge in [0.2, 0.25) is 0 Å². The van der Waals surface area contributed by atoms with E-state index in [4.69, 9.17) is 19.1 Å². The van der Waals surface area contributed by atoms with Gasteiger partial charge in [0.15, 0.2) is 6.10 Å². The molecule has 0 amide bonds. The molecule has 0 radical (unpaired) electrons. The van der Waals surface area contributed by atoms with Gasteiger partial charge in [0.05, 0.1) is 19.8 Å². The summed E-state index contributed by atoms with van der Waals surface area (Å²) in [7, 11) is -4.57. The Morgan fingerprint density at radius 2 is 1.13 bits per heavy atom. The Morgan fingerprint density at radius 1 is 0.689 bits per heavy atom. The third-order valence-electron chi connectivity index (χ3n) is 7.48. The number of rotatable bonds is 33. The molecule has 0 rings (SSSR count). The SMILES string of the molecule is CCCCCCCCCC/C=C\CCCCCCCCCCCCCC(=O)OC(COC(C)=O)COP(=O)(O)OCC(O)CO. The number of hydrogen-bond acceptors (Lipinski definition) is 9. The van der Waals surface area contributed by atoms with E-state index in [1.54, 1.807) is 0 Å². The lowest BCUT2D eigenvalue weighted by Crippen LogP contribution is -2.29. The molecule has 0 saturated heterocycles. The highest BCUT2D eigenvalue weighted by molar-refractivity contribution is 7.47. The first-order chi connectivity index (χ1) is 21.7. The fraction of sp³-hybridized carbons (Fsp3) is 0.882. The zero-order chi connectivity index (χ0) is 33.4. The number of allylic oxidation sites excluding steroid dienone is 2. The van der Waals surface area contributed by atoms with Gasteiger partial charge in [-0.05, 0) is 32.1 Å². The lowest BCUT2D eigenvalue weighted by atomic mass is 10.0. The van der Waals surface area contributed by atoms with E-state index in [2.05, 4.69) is 23.6 Å². The summed E-state index contributed by atoms with van der Waals surface area (Å²) in [5, 5.41) is 18.0. The third kappa shape index (κ3) is 32.4. The van der Waals surface area contributed by atoms with Gasteiger partial charge < -0.3 is 24.6 Å². The van der Waals surface area contributed by atoms with Crippen molar-refractivity contribution < 1.29 is 47.8 Å². The fourth-order valence-electron chi connectivity index (χ4n) is 4.77. The Labute approximate surface area is 273 Å². The second kappa shape index (κ2) is 31.3. The van der Waals surface area contributed by atoms with Crippen molar-refractivity contribution in [1.82, 2.24) is 0 Å². The van der Waals surface area contributed by atoms with Crippen LogP contribution in [0, 0.1) is 0 Å². The molecule has 11 heteroatoms. The fourth-order valence-corrected chi connectivity index (χ4v) is 5.56. The Balaban J connectivity index is 3.74. The van der Waals surface area contributed by atoms with Crippen LogP contribution in [0.1, 0.15) is 155 Å². The van der Waals surface area contributed by atoms with E-state index in [1.807, 2.05) is 0 Å². The van der Waals surface area contributed by atoms with Gasteiger partial charge in [0.1, 0.15) is 12.7 Å². The molecule has 266 valence electrons. The number of ether oxygens (including phenoxy) is 2. The van der Waals surface area contributed by atoms with E-state index in [9.17, 15) is 24.2 Å². The van der Waals surface area contributed by atoms with E-state index in [-0.39, 0.29) is 13.0 Å². The summed E-state index contributed by atoms with van der Waals surface area (Å²) in [5.41, 5.74) is 0. The molecule has 3 unspecified atom stereocenters. The lowest BCUT2D eigenvalue weighted by Gasteiger charge is -2.20. The van der Waals surface area contributed by atoms with Crippen LogP contribution >= 0.6 is 7.82 Å². The van der Waals surface area contributed by atoms with Crippen molar-refractivity contribution in [2.75, 3.05) is 26.4 Å². The lowest BCUT2D eigenvalue weighted by molar-refractivity contribution is -0.160. The van der Waals surface area contributed by atoms with Gasteiger partial charge in [-0.25, -0.2) is 4.57 Å². The van der Waals surface area contributed by atoms with Crippen LogP contribution in [0.4, 0.5) is 0 Å². The summed E-state index contributed by atoms with van der Waals surface area (Å²) in [5.74, 6) is -1.11. The van der Waals surface area contributed by atoms with Crippen LogP contribution in [0.5, 0.6) is 0 Å². The van der Waals surface area contributed by atoms with Crippen LogP contribution in [0.15, 0.2) is 12.2 Å². The molecule has 0 aromatic heterocycles. The molecule has 3 N–H and O–H groups in total. The Bertz CT molecular complexity index is 776. The highest BCUT2D eigenvalue weighted by Gasteiger charge is 2.26. The monoisotopic (exact) mass is 664 g/mol. The largest absolute Gasteiger partial charge is 0.472 e. The molecule has 0 aromatic rings. The first kappa shape index (κ1) is 43.7. The van der Waals surface area contributed by atoms with Crippen LogP contribution in [0.3, 0.4) is 0 Å². The number of carbonyl (C=O) groups is 2. The second-order valence-corrected chi connectivity index (χ2v) is 13.4. The summed E-state index contributed by atoms with van der Waals surface area (Å²) < 4.78 is 31.4. The molecule has 3 atom stereocenters. The predicted octanol–water partition coefficient (Wildman–Crippen LogP) is 8.11. The van der Waals surface area contributed by atoms with E-state index in [0.717, 1.165) is 19.3 Å². The van der Waals surface area contributed by atoms with Crippen molar-refractivity contribution in [2.24, 2.45) is 0 Å². The number of aliphatic hydroxyl groups is 2. The minimum atomic E-state index is -4.57. The zero-order valence-corrected chi connectivity index (χ0v) is 29.2. The van der Waals surface area contributed by atoms with Gasteiger partial charge in [-0.3, -0.25) is 18.6 Å². The summed E-state index contributed by atoms with van der Waals surface area (Å²) in [6.45, 7) is 1.31. The number of esters is 2. The molecule has 0 aromatic carbocycles. The minimum absolute atomic E-state index is 0.181. The van der Waals surface area contributed by atoms with Gasteiger partial charge >= 0.3 is 19.8 Å². The van der Waals surface area contributed by atoms with E-state index in [1.165, 1.54) is 116 Å². The number of unbranched alkanes of at least 4 members (excludes halogenated alkanes) is 19. The summed E-state index contributed by atoms with van der Waals surface area (Å²) in [4.78, 5) is 33.1. The van der Waals surface area contributed by atoms with Gasteiger partial charge in [-0.2, -0.15) is 0 Å². The summed E-state index contributed by atoms with van der Waals surface area (Å²) >= 11 is 0. The van der Waals surface area contributed by atoms with Gasteiger partial charge in [0, 0.05) is 13.3 Å². The van der Waals surface area contributed by atoms with Crippen molar-refractivity contribution in [1.29, 1.82) is 0 Å². The molecule has 0 saturated carbocycles. The third-order valence-corrected chi connectivity index (χ3v) is 8.43. The number of hydrogen-bond donors (Lipinski definition) is 3. The molecule has 0 spiro atoms. The van der Waals surface area contributed by atoms with Crippen LogP contribution in [0.25, 0.3) is 0 Å². The molecular formula is C34H65O10P. The molecule has 0 aliphatic rings. The standard InChI is InChI=1S/C34H65O10P/c1-3-4-5-6-7-8-9-10-11-12-13-14-15-16-17-18-19-20-21-22-23-24-25-26-34(38)44-33(29-41-31(2)36)30-43-45(39,40)42-28-32(37)27-35/h12-13,32-33,35,37H,3-11,14-30H2,1-2H3,(H,39,40)/b13-12-. The van der Waals surface area contributed by atoms with Crippen LogP contribution in [0.2, 0.25) is 0 Å². The smallest absolute Gasteiger partial charge is 0.462 e. The summed E-state index contributed by atoms with van der Waals surface area (Å²) in [6.07, 6.45) is 28.7. The minimum Gasteiger partial charge on any atom is -0.462 e. The molecule has 0 fully saturated rings. The number of phosphoric ester groups is 1. The number of aliphatic hydroxyl groups excluding tert-OH is 2. The average Bonchev–Trinajstić information content (AvgIpc) is 3.01. The molecule has 0 heterocycles. The molecule has 45 heavy (non-hydrogen) atoms. The first-order valence-corrected chi connectivity index (χ1v) is 19.1. The van der Waals surface area contributed by atoms with Crippen molar-refractivity contribution in [3.05, 3.63) is 12.2 Å². The van der Waals surface area contributed by atoms with E-state index in [0.29, 0.717) is 6.42 Å². The Morgan fingerprint density at radius 3 is 1.60 bits per heavy atom. The van der Waals surface area contributed by atoms with Crippen molar-refractivity contribution in [3.63, 3.8) is 0 Å². The second-order valence-electron chi connectivity index (χ2n) is 12.0. The van der Waals surface area contributed by atoms with Crippen LogP contribution in [-0.4, -0.2) is 65.7 Å². The molecule has 0 aliphatic carbocycles. The van der Waals surface area contributed by atoms with Gasteiger partial charge in [-0.15, -0.1) is 0 Å². The number of carbonyl (C=O) groups excluding carboxylic acids is 2. The van der Waals surface area contributed by atoms with Gasteiger partial charge in [0.25, 0.3) is 0 Å². The van der Waals surface area contributed by atoms with Crippen molar-refractivity contribution in [3.8, 4) is 0 Å². The van der Waals surface area contributed by atoms with Gasteiger partial charge in [-0.1, -0.05) is 122 Å². The maximum absolute atomic E-state index is 12.2. The quantitative estimate of drug-likeness (QED) is 0.0272. The molecule has 0 bridgehead atoms. The highest BCUT2D eigenvalue weighted by atomic mass is 31.2. The normalized spacial score (nSPS) is 14.3. The highest BCUT2D eigenvalue weighted by Crippen LogP contribution is 2.43. The zero-order valence-electron chi connectivity index (χ0n) is 28.3. The molecular weight excluding hydrogens is 599 g/mol. The molecule has 10 nitrogen and oxygen atoms in total. The Hall–Kier alpha value is -1.29. The topological polar surface area (TPSA) is 149 Å². The average molecular weight is 665 g/mol. The number of phosphoric acid groups is 1. The van der Waals surface area contributed by atoms with E-state index < -0.39 is 51.8 Å². The van der Waals surface area contributed by atoms with Crippen LogP contribution < -0.4 is 0 Å². The first-order valence-electron chi connectivity index (χ1n) is 17.6. The predicted molar refractivity (Wildman–Crippen MR) is 178 cm³/mol. The maximum atomic E-state index is 12.2. The van der Waals surface area contributed by atoms with Crippen LogP contribution in [-0.2, 0) is 32.7 Å². The van der Waals surface area contributed by atoms with E-state index >= 15 is 0 Å². The Kier molecular flexibility index (Phi) is 30.4. The van der Waals surface area contributed by atoms with Crippen molar-refractivity contribution in [2.45, 2.75) is 167 Å². The molecule has 0 aliphatic heterocycles. The van der Waals surface area contributed by atoms with Crippen molar-refractivity contribution >= 4 is 19.8 Å². The maximum Gasteiger partial charge on any atom is 0.472 e. The summed E-state index contributed by atoms with van der Waals surface area (Å²) in [6, 6.07) is 0.